The quantitative estimate of drug-likeness (QED) is 0.329. The van der Waals surface area contributed by atoms with Gasteiger partial charge in [0, 0.05) is 23.9 Å². The molecule has 0 aliphatic carbocycles. The molecule has 0 spiro atoms. The van der Waals surface area contributed by atoms with Crippen LogP contribution in [-0.2, 0) is 16.1 Å². The molecule has 0 unspecified atom stereocenters. The number of nitrogens with zero attached hydrogens (tertiary/aromatic N) is 1. The molecule has 6 heteroatoms. The van der Waals surface area contributed by atoms with Gasteiger partial charge in [-0.25, -0.2) is 4.79 Å². The van der Waals surface area contributed by atoms with Gasteiger partial charge in [-0.3, -0.25) is 4.90 Å². The van der Waals surface area contributed by atoms with Crippen molar-refractivity contribution in [2.75, 3.05) is 27.3 Å². The van der Waals surface area contributed by atoms with Crippen LogP contribution in [0, 0.1) is 0 Å². The average Bonchev–Trinajstić information content (AvgIpc) is 3.23. The lowest BCUT2D eigenvalue weighted by Gasteiger charge is -2.31. The number of carbonyl (C=O) groups excluding carboxylic acids is 1. The Morgan fingerprint density at radius 1 is 1.16 bits per heavy atom. The SMILES string of the molecule is COC(=O)/C=C/c1ccc(CN2CCC(c3cc4cc(OC)cc(Br)c4o3)CC2)cc1. The van der Waals surface area contributed by atoms with E-state index in [1.54, 1.807) is 13.2 Å². The highest BCUT2D eigenvalue weighted by Gasteiger charge is 2.24. The summed E-state index contributed by atoms with van der Waals surface area (Å²) in [6, 6.07) is 14.4. The molecule has 162 valence electrons. The first-order valence-electron chi connectivity index (χ1n) is 10.4. The fourth-order valence-corrected chi connectivity index (χ4v) is 4.56. The summed E-state index contributed by atoms with van der Waals surface area (Å²) in [5.41, 5.74) is 3.15. The van der Waals surface area contributed by atoms with E-state index in [4.69, 9.17) is 9.15 Å². The van der Waals surface area contributed by atoms with Crippen LogP contribution in [0.2, 0.25) is 0 Å². The Kier molecular flexibility index (Phi) is 6.78. The van der Waals surface area contributed by atoms with E-state index in [0.29, 0.717) is 5.92 Å². The Morgan fingerprint density at radius 3 is 2.58 bits per heavy atom. The number of rotatable bonds is 6. The van der Waals surface area contributed by atoms with Gasteiger partial charge in [-0.1, -0.05) is 24.3 Å². The number of hydrogen-bond donors (Lipinski definition) is 0. The minimum absolute atomic E-state index is 0.345. The van der Waals surface area contributed by atoms with Gasteiger partial charge in [-0.05, 0) is 77.3 Å². The summed E-state index contributed by atoms with van der Waals surface area (Å²) in [7, 11) is 3.06. The zero-order valence-electron chi connectivity index (χ0n) is 17.8. The van der Waals surface area contributed by atoms with Gasteiger partial charge in [0.2, 0.25) is 0 Å². The van der Waals surface area contributed by atoms with E-state index >= 15 is 0 Å². The van der Waals surface area contributed by atoms with Crippen LogP contribution in [0.15, 0.2) is 57.4 Å². The molecule has 1 fully saturated rings. The van der Waals surface area contributed by atoms with Crippen molar-refractivity contribution in [1.29, 1.82) is 0 Å². The van der Waals surface area contributed by atoms with E-state index in [-0.39, 0.29) is 5.97 Å². The first kappa shape index (κ1) is 21.7. The first-order valence-corrected chi connectivity index (χ1v) is 11.2. The fourth-order valence-electron chi connectivity index (χ4n) is 4.02. The third-order valence-corrected chi connectivity index (χ3v) is 6.38. The Bertz CT molecular complexity index is 1080. The number of hydrogen-bond acceptors (Lipinski definition) is 5. The van der Waals surface area contributed by atoms with Crippen LogP contribution >= 0.6 is 15.9 Å². The van der Waals surface area contributed by atoms with Crippen molar-refractivity contribution in [2.45, 2.75) is 25.3 Å². The second-order valence-electron chi connectivity index (χ2n) is 7.82. The summed E-state index contributed by atoms with van der Waals surface area (Å²) in [5.74, 6) is 1.98. The van der Waals surface area contributed by atoms with Crippen molar-refractivity contribution in [2.24, 2.45) is 0 Å². The van der Waals surface area contributed by atoms with Gasteiger partial charge in [0.1, 0.15) is 17.1 Å². The summed E-state index contributed by atoms with van der Waals surface area (Å²) < 4.78 is 17.1. The molecule has 0 N–H and O–H groups in total. The lowest BCUT2D eigenvalue weighted by atomic mass is 9.94. The molecule has 1 aliphatic heterocycles. The minimum atomic E-state index is -0.345. The van der Waals surface area contributed by atoms with Crippen LogP contribution in [0.1, 0.15) is 35.6 Å². The van der Waals surface area contributed by atoms with Gasteiger partial charge < -0.3 is 13.9 Å². The van der Waals surface area contributed by atoms with E-state index in [9.17, 15) is 4.79 Å². The van der Waals surface area contributed by atoms with Gasteiger partial charge in [-0.15, -0.1) is 0 Å². The van der Waals surface area contributed by atoms with Crippen LogP contribution in [0.4, 0.5) is 0 Å². The molecular formula is C25H26BrNO4. The largest absolute Gasteiger partial charge is 0.497 e. The van der Waals surface area contributed by atoms with E-state index < -0.39 is 0 Å². The van der Waals surface area contributed by atoms with E-state index in [2.05, 4.69) is 43.8 Å². The lowest BCUT2D eigenvalue weighted by molar-refractivity contribution is -0.134. The van der Waals surface area contributed by atoms with E-state index in [0.717, 1.165) is 65.0 Å². The highest BCUT2D eigenvalue weighted by molar-refractivity contribution is 9.10. The third-order valence-electron chi connectivity index (χ3n) is 5.79. The number of ether oxygens (including phenoxy) is 2. The van der Waals surface area contributed by atoms with Crippen molar-refractivity contribution in [1.82, 2.24) is 4.90 Å². The number of methoxy groups -OCH3 is 2. The predicted octanol–water partition coefficient (Wildman–Crippen LogP) is 5.77. The maximum Gasteiger partial charge on any atom is 0.330 e. The highest BCUT2D eigenvalue weighted by atomic mass is 79.9. The Labute approximate surface area is 190 Å². The summed E-state index contributed by atoms with van der Waals surface area (Å²) in [6.45, 7) is 3.00. The van der Waals surface area contributed by atoms with Crippen molar-refractivity contribution in [3.63, 3.8) is 0 Å². The van der Waals surface area contributed by atoms with Crippen molar-refractivity contribution >= 4 is 38.9 Å². The number of esters is 1. The van der Waals surface area contributed by atoms with Gasteiger partial charge in [0.25, 0.3) is 0 Å². The molecule has 1 aromatic heterocycles. The molecule has 0 atom stereocenters. The van der Waals surface area contributed by atoms with E-state index in [1.807, 2.05) is 24.3 Å². The highest BCUT2D eigenvalue weighted by Crippen LogP contribution is 2.37. The van der Waals surface area contributed by atoms with Gasteiger partial charge in [0.05, 0.1) is 18.7 Å². The molecule has 0 bridgehead atoms. The molecule has 0 amide bonds. The average molecular weight is 484 g/mol. The Hall–Kier alpha value is -2.57. The molecular weight excluding hydrogens is 458 g/mol. The normalized spacial score (nSPS) is 15.6. The summed E-state index contributed by atoms with van der Waals surface area (Å²) >= 11 is 3.59. The molecule has 3 aromatic rings. The molecule has 1 aliphatic rings. The number of likely N-dealkylation sites (tertiary alicyclic amines) is 1. The summed E-state index contributed by atoms with van der Waals surface area (Å²) in [5, 5.41) is 1.07. The zero-order valence-corrected chi connectivity index (χ0v) is 19.4. The molecule has 2 aromatic carbocycles. The monoisotopic (exact) mass is 483 g/mol. The van der Waals surface area contributed by atoms with Crippen LogP contribution in [0.3, 0.4) is 0 Å². The molecule has 1 saturated heterocycles. The summed E-state index contributed by atoms with van der Waals surface area (Å²) in [4.78, 5) is 13.7. The number of furan rings is 1. The second kappa shape index (κ2) is 9.71. The number of benzene rings is 2. The molecule has 31 heavy (non-hydrogen) atoms. The van der Waals surface area contributed by atoms with Crippen molar-refractivity contribution in [3.05, 3.63) is 69.9 Å². The smallest absolute Gasteiger partial charge is 0.330 e. The number of halogens is 1. The fraction of sp³-hybridized carbons (Fsp3) is 0.320. The minimum Gasteiger partial charge on any atom is -0.497 e. The first-order chi connectivity index (χ1) is 15.1. The lowest BCUT2D eigenvalue weighted by Crippen LogP contribution is -2.32. The topological polar surface area (TPSA) is 51.9 Å². The second-order valence-corrected chi connectivity index (χ2v) is 8.68. The van der Waals surface area contributed by atoms with E-state index in [1.165, 1.54) is 18.7 Å². The van der Waals surface area contributed by atoms with Crippen LogP contribution in [-0.4, -0.2) is 38.2 Å². The molecule has 5 nitrogen and oxygen atoms in total. The standard InChI is InChI=1S/C25H26BrNO4/c1-29-21-13-20-14-23(31-25(20)22(26)15-21)19-9-11-27(12-10-19)16-18-5-3-17(4-6-18)7-8-24(28)30-2/h3-8,13-15,19H,9-12,16H2,1-2H3/b8-7+. The maximum atomic E-state index is 11.2. The van der Waals surface area contributed by atoms with Crippen LogP contribution in [0.5, 0.6) is 5.75 Å². The molecule has 4 rings (SSSR count). The number of piperidine rings is 1. The summed E-state index contributed by atoms with van der Waals surface area (Å²) in [6.07, 6.45) is 5.36. The van der Waals surface area contributed by atoms with Crippen LogP contribution in [0.25, 0.3) is 17.0 Å². The van der Waals surface area contributed by atoms with Crippen molar-refractivity contribution < 1.29 is 18.7 Å². The van der Waals surface area contributed by atoms with Gasteiger partial charge in [0.15, 0.2) is 0 Å². The Balaban J connectivity index is 1.35. The maximum absolute atomic E-state index is 11.2. The van der Waals surface area contributed by atoms with Gasteiger partial charge >= 0.3 is 5.97 Å². The molecule has 0 radical (unpaired) electrons. The predicted molar refractivity (Wildman–Crippen MR) is 125 cm³/mol. The number of fused-ring (bicyclic) bond motifs is 1. The third kappa shape index (κ3) is 5.20. The molecule has 2 heterocycles. The Morgan fingerprint density at radius 2 is 1.90 bits per heavy atom. The van der Waals surface area contributed by atoms with Crippen molar-refractivity contribution in [3.8, 4) is 5.75 Å². The number of carbonyl (C=O) groups is 1. The zero-order chi connectivity index (χ0) is 21.8. The van der Waals surface area contributed by atoms with Gasteiger partial charge in [-0.2, -0.15) is 0 Å². The van der Waals surface area contributed by atoms with Crippen LogP contribution < -0.4 is 4.74 Å². The molecule has 0 saturated carbocycles.